The van der Waals surface area contributed by atoms with Crippen LogP contribution in [-0.4, -0.2) is 9.94 Å². The van der Waals surface area contributed by atoms with Crippen LogP contribution in [-0.2, 0) is 5.60 Å². The van der Waals surface area contributed by atoms with Crippen molar-refractivity contribution in [1.29, 1.82) is 0 Å². The van der Waals surface area contributed by atoms with Gasteiger partial charge in [-0.3, -0.25) is 0 Å². The van der Waals surface area contributed by atoms with Gasteiger partial charge in [0.2, 0.25) is 0 Å². The molecular formula is C11H9BrF2O2. The lowest BCUT2D eigenvalue weighted by atomic mass is 10.0. The van der Waals surface area contributed by atoms with E-state index in [4.69, 9.17) is 4.42 Å². The van der Waals surface area contributed by atoms with Crippen LogP contribution < -0.4 is 0 Å². The van der Waals surface area contributed by atoms with Gasteiger partial charge in [0.1, 0.15) is 11.3 Å². The number of hydrogen-bond donors (Lipinski definition) is 1. The van der Waals surface area contributed by atoms with E-state index in [0.29, 0.717) is 11.0 Å². The molecule has 1 atom stereocenters. The number of alkyl halides is 3. The largest absolute Gasteiger partial charge is 0.458 e. The number of rotatable bonds is 2. The molecule has 86 valence electrons. The first kappa shape index (κ1) is 11.5. The highest BCUT2D eigenvalue weighted by atomic mass is 79.9. The summed E-state index contributed by atoms with van der Waals surface area (Å²) in [4.78, 5) is -3.45. The molecule has 0 aliphatic rings. The van der Waals surface area contributed by atoms with E-state index >= 15 is 0 Å². The summed E-state index contributed by atoms with van der Waals surface area (Å²) < 4.78 is 31.4. The van der Waals surface area contributed by atoms with Gasteiger partial charge in [-0.05, 0) is 35.0 Å². The maximum atomic E-state index is 13.1. The second-order valence-electron chi connectivity index (χ2n) is 3.72. The van der Waals surface area contributed by atoms with Crippen LogP contribution in [0.3, 0.4) is 0 Å². The Morgan fingerprint density at radius 1 is 1.31 bits per heavy atom. The van der Waals surface area contributed by atoms with Crippen molar-refractivity contribution >= 4 is 26.9 Å². The fraction of sp³-hybridized carbons (Fsp3) is 0.273. The van der Waals surface area contributed by atoms with Crippen LogP contribution in [0, 0.1) is 0 Å². The van der Waals surface area contributed by atoms with Crippen molar-refractivity contribution in [2.45, 2.75) is 17.4 Å². The third kappa shape index (κ3) is 1.74. The topological polar surface area (TPSA) is 33.4 Å². The fourth-order valence-electron chi connectivity index (χ4n) is 1.36. The van der Waals surface area contributed by atoms with Crippen molar-refractivity contribution in [2.75, 3.05) is 0 Å². The summed E-state index contributed by atoms with van der Waals surface area (Å²) in [6, 6.07) is 8.29. The lowest BCUT2D eigenvalue weighted by Crippen LogP contribution is -2.37. The predicted octanol–water partition coefficient (Wildman–Crippen LogP) is 3.63. The van der Waals surface area contributed by atoms with Crippen LogP contribution in [0.4, 0.5) is 8.78 Å². The van der Waals surface area contributed by atoms with Crippen LogP contribution in [0.5, 0.6) is 0 Å². The molecule has 16 heavy (non-hydrogen) atoms. The lowest BCUT2D eigenvalue weighted by molar-refractivity contribution is -0.119. The first-order valence-corrected chi connectivity index (χ1v) is 5.40. The van der Waals surface area contributed by atoms with Gasteiger partial charge in [-0.2, -0.15) is 8.78 Å². The van der Waals surface area contributed by atoms with E-state index in [1.165, 1.54) is 6.07 Å². The second kappa shape index (κ2) is 3.53. The van der Waals surface area contributed by atoms with Crippen LogP contribution in [0.25, 0.3) is 11.0 Å². The smallest absolute Gasteiger partial charge is 0.336 e. The Labute approximate surface area is 99.0 Å². The summed E-state index contributed by atoms with van der Waals surface area (Å²) in [7, 11) is 0. The van der Waals surface area contributed by atoms with Gasteiger partial charge >= 0.3 is 4.83 Å². The molecule has 1 unspecified atom stereocenters. The molecule has 2 nitrogen and oxygen atoms in total. The Morgan fingerprint density at radius 2 is 1.94 bits per heavy atom. The molecule has 0 aliphatic carbocycles. The molecule has 5 heteroatoms. The molecule has 2 aromatic rings. The van der Waals surface area contributed by atoms with Gasteiger partial charge in [0.25, 0.3) is 0 Å². The molecule has 0 saturated carbocycles. The van der Waals surface area contributed by atoms with E-state index in [1.54, 1.807) is 24.3 Å². The molecule has 0 spiro atoms. The zero-order valence-corrected chi connectivity index (χ0v) is 9.96. The number of aliphatic hydroxyl groups is 1. The van der Waals surface area contributed by atoms with Crippen molar-refractivity contribution in [3.63, 3.8) is 0 Å². The first-order valence-electron chi connectivity index (χ1n) is 4.60. The summed E-state index contributed by atoms with van der Waals surface area (Å²) in [5.74, 6) is -0.171. The summed E-state index contributed by atoms with van der Waals surface area (Å²) in [6.07, 6.45) is 0. The van der Waals surface area contributed by atoms with E-state index in [-0.39, 0.29) is 5.76 Å². The van der Waals surface area contributed by atoms with Crippen molar-refractivity contribution < 1.29 is 18.3 Å². The molecule has 0 radical (unpaired) electrons. The molecule has 0 amide bonds. The quantitative estimate of drug-likeness (QED) is 0.857. The Kier molecular flexibility index (Phi) is 2.55. The number of furan rings is 1. The van der Waals surface area contributed by atoms with Gasteiger partial charge in [0.15, 0.2) is 5.60 Å². The molecule has 1 aromatic carbocycles. The average Bonchev–Trinajstić information content (AvgIpc) is 2.59. The van der Waals surface area contributed by atoms with E-state index in [1.807, 2.05) is 0 Å². The van der Waals surface area contributed by atoms with Crippen LogP contribution >= 0.6 is 15.9 Å². The molecular weight excluding hydrogens is 282 g/mol. The van der Waals surface area contributed by atoms with Crippen LogP contribution in [0.15, 0.2) is 34.7 Å². The Hall–Kier alpha value is -0.940. The number of hydrogen-bond acceptors (Lipinski definition) is 2. The SMILES string of the molecule is CC(O)(c1cc2ccccc2o1)C(F)(F)Br. The molecule has 0 saturated heterocycles. The normalized spacial score (nSPS) is 16.3. The Bertz CT molecular complexity index is 481. The molecule has 1 N–H and O–H groups in total. The molecule has 0 bridgehead atoms. The molecule has 0 fully saturated rings. The minimum absolute atomic E-state index is 0.171. The van der Waals surface area contributed by atoms with Crippen molar-refractivity contribution in [1.82, 2.24) is 0 Å². The standard InChI is InChI=1S/C11H9BrF2O2/c1-10(15,11(12,13)14)9-6-7-4-2-3-5-8(7)16-9/h2-6,15H,1H3. The van der Waals surface area contributed by atoms with E-state index in [0.717, 1.165) is 6.92 Å². The van der Waals surface area contributed by atoms with Crippen molar-refractivity contribution in [2.24, 2.45) is 0 Å². The average molecular weight is 291 g/mol. The second-order valence-corrected chi connectivity index (χ2v) is 4.71. The maximum absolute atomic E-state index is 13.1. The van der Waals surface area contributed by atoms with Gasteiger partial charge < -0.3 is 9.52 Å². The third-order valence-corrected chi connectivity index (χ3v) is 3.23. The van der Waals surface area contributed by atoms with E-state index in [2.05, 4.69) is 15.9 Å². The van der Waals surface area contributed by atoms with Gasteiger partial charge in [-0.15, -0.1) is 0 Å². The van der Waals surface area contributed by atoms with Crippen LogP contribution in [0.1, 0.15) is 12.7 Å². The maximum Gasteiger partial charge on any atom is 0.336 e. The minimum Gasteiger partial charge on any atom is -0.458 e. The number of halogens is 3. The first-order chi connectivity index (χ1) is 7.32. The highest BCUT2D eigenvalue weighted by molar-refractivity contribution is 9.10. The molecule has 0 aliphatic heterocycles. The number of para-hydroxylation sites is 1. The van der Waals surface area contributed by atoms with E-state index in [9.17, 15) is 13.9 Å². The van der Waals surface area contributed by atoms with E-state index < -0.39 is 10.4 Å². The monoisotopic (exact) mass is 290 g/mol. The zero-order valence-electron chi connectivity index (χ0n) is 8.38. The summed E-state index contributed by atoms with van der Waals surface area (Å²) in [5.41, 5.74) is -1.92. The zero-order chi connectivity index (χ0) is 12.0. The minimum atomic E-state index is -3.45. The molecule has 1 heterocycles. The molecule has 1 aromatic heterocycles. The van der Waals surface area contributed by atoms with Gasteiger partial charge in [0.05, 0.1) is 0 Å². The highest BCUT2D eigenvalue weighted by Crippen LogP contribution is 2.43. The summed E-state index contributed by atoms with van der Waals surface area (Å²) in [5, 5.41) is 10.4. The van der Waals surface area contributed by atoms with Crippen molar-refractivity contribution in [3.8, 4) is 0 Å². The Morgan fingerprint density at radius 3 is 2.50 bits per heavy atom. The highest BCUT2D eigenvalue weighted by Gasteiger charge is 2.50. The van der Waals surface area contributed by atoms with Gasteiger partial charge in [0, 0.05) is 5.39 Å². The van der Waals surface area contributed by atoms with Crippen molar-refractivity contribution in [3.05, 3.63) is 36.1 Å². The fourth-order valence-corrected chi connectivity index (χ4v) is 1.56. The van der Waals surface area contributed by atoms with Gasteiger partial charge in [-0.25, -0.2) is 0 Å². The summed E-state index contributed by atoms with van der Waals surface area (Å²) in [6.45, 7) is 0.999. The predicted molar refractivity (Wildman–Crippen MR) is 59.7 cm³/mol. The Balaban J connectivity index is 2.56. The van der Waals surface area contributed by atoms with Crippen LogP contribution in [0.2, 0.25) is 0 Å². The number of benzene rings is 1. The molecule has 2 rings (SSSR count). The third-order valence-electron chi connectivity index (χ3n) is 2.46. The van der Waals surface area contributed by atoms with Gasteiger partial charge in [-0.1, -0.05) is 18.2 Å². The lowest BCUT2D eigenvalue weighted by Gasteiger charge is -2.25. The summed E-state index contributed by atoms with van der Waals surface area (Å²) >= 11 is 2.15. The number of fused-ring (bicyclic) bond motifs is 1.